The minimum atomic E-state index is -0.891. The molecule has 0 spiro atoms. The van der Waals surface area contributed by atoms with Gasteiger partial charge in [0.1, 0.15) is 5.75 Å². The average molecular weight is 348 g/mol. The van der Waals surface area contributed by atoms with E-state index in [2.05, 4.69) is 26.1 Å². The minimum Gasteiger partial charge on any atom is -0.493 e. The van der Waals surface area contributed by atoms with Gasteiger partial charge in [0.25, 0.3) is 11.8 Å². The standard InChI is InChI=1S/C18H24N2O3S/c1-4-6-10-19(3)17(22)18(24)20(16(21)5-2)14-7-8-15-13(12-14)9-11-23-15/h5,7-8,12,18,24H,2,4,6,9-11H2,1,3H3. The Labute approximate surface area is 148 Å². The summed E-state index contributed by atoms with van der Waals surface area (Å²) < 4.78 is 5.49. The summed E-state index contributed by atoms with van der Waals surface area (Å²) in [5, 5.41) is -0.891. The van der Waals surface area contributed by atoms with Crippen molar-refractivity contribution >= 4 is 30.1 Å². The molecule has 24 heavy (non-hydrogen) atoms. The van der Waals surface area contributed by atoms with E-state index in [-0.39, 0.29) is 11.8 Å². The van der Waals surface area contributed by atoms with Crippen LogP contribution in [0.1, 0.15) is 25.3 Å². The van der Waals surface area contributed by atoms with Crippen molar-refractivity contribution in [3.63, 3.8) is 0 Å². The van der Waals surface area contributed by atoms with Gasteiger partial charge in [-0.3, -0.25) is 14.5 Å². The van der Waals surface area contributed by atoms with Crippen LogP contribution in [0, 0.1) is 0 Å². The zero-order valence-electron chi connectivity index (χ0n) is 14.2. The van der Waals surface area contributed by atoms with E-state index in [1.54, 1.807) is 18.0 Å². The molecule has 1 aliphatic rings. The van der Waals surface area contributed by atoms with Crippen LogP contribution in [0.3, 0.4) is 0 Å². The van der Waals surface area contributed by atoms with Crippen molar-refractivity contribution in [2.75, 3.05) is 25.1 Å². The third-order valence-electron chi connectivity index (χ3n) is 4.05. The largest absolute Gasteiger partial charge is 0.493 e. The van der Waals surface area contributed by atoms with Crippen molar-refractivity contribution in [3.8, 4) is 5.75 Å². The highest BCUT2D eigenvalue weighted by molar-refractivity contribution is 7.82. The molecule has 0 bridgehead atoms. The number of rotatable bonds is 7. The van der Waals surface area contributed by atoms with E-state index in [9.17, 15) is 9.59 Å². The van der Waals surface area contributed by atoms with Gasteiger partial charge in [0, 0.05) is 25.7 Å². The third kappa shape index (κ3) is 3.93. The van der Waals surface area contributed by atoms with E-state index >= 15 is 0 Å². The smallest absolute Gasteiger partial charge is 0.255 e. The summed E-state index contributed by atoms with van der Waals surface area (Å²) in [6.07, 6.45) is 3.90. The van der Waals surface area contributed by atoms with Crippen LogP contribution in [-0.4, -0.2) is 42.3 Å². The van der Waals surface area contributed by atoms with Crippen LogP contribution in [-0.2, 0) is 16.0 Å². The second kappa shape index (κ2) is 8.24. The van der Waals surface area contributed by atoms with Gasteiger partial charge in [-0.15, -0.1) is 12.6 Å². The first-order valence-electron chi connectivity index (χ1n) is 8.14. The number of benzene rings is 1. The van der Waals surface area contributed by atoms with Crippen molar-refractivity contribution in [2.24, 2.45) is 0 Å². The average Bonchev–Trinajstić information content (AvgIpc) is 3.06. The molecule has 0 radical (unpaired) electrons. The predicted molar refractivity (Wildman–Crippen MR) is 98.6 cm³/mol. The molecule has 0 aromatic heterocycles. The van der Waals surface area contributed by atoms with E-state index < -0.39 is 5.37 Å². The number of carbonyl (C=O) groups excluding carboxylic acids is 2. The fourth-order valence-corrected chi connectivity index (χ4v) is 3.07. The molecular weight excluding hydrogens is 324 g/mol. The zero-order valence-corrected chi connectivity index (χ0v) is 15.1. The molecule has 1 heterocycles. The van der Waals surface area contributed by atoms with Gasteiger partial charge < -0.3 is 9.64 Å². The topological polar surface area (TPSA) is 49.9 Å². The van der Waals surface area contributed by atoms with E-state index in [4.69, 9.17) is 4.74 Å². The Morgan fingerprint density at radius 1 is 1.46 bits per heavy atom. The number of thiol groups is 1. The molecule has 0 fully saturated rings. The quantitative estimate of drug-likeness (QED) is 0.468. The van der Waals surface area contributed by atoms with E-state index in [0.29, 0.717) is 18.8 Å². The molecule has 1 aromatic rings. The number of carbonyl (C=O) groups is 2. The van der Waals surface area contributed by atoms with Gasteiger partial charge in [-0.1, -0.05) is 19.9 Å². The number of unbranched alkanes of at least 4 members (excludes halogenated alkanes) is 1. The van der Waals surface area contributed by atoms with E-state index in [0.717, 1.165) is 30.6 Å². The van der Waals surface area contributed by atoms with Crippen molar-refractivity contribution in [2.45, 2.75) is 31.6 Å². The maximum Gasteiger partial charge on any atom is 0.255 e. The molecule has 1 aliphatic heterocycles. The number of hydrogen-bond donors (Lipinski definition) is 1. The molecule has 0 aliphatic carbocycles. The minimum absolute atomic E-state index is 0.210. The lowest BCUT2D eigenvalue weighted by molar-refractivity contribution is -0.130. The fourth-order valence-electron chi connectivity index (χ4n) is 2.62. The molecule has 0 saturated heterocycles. The Morgan fingerprint density at radius 3 is 2.88 bits per heavy atom. The molecule has 1 unspecified atom stereocenters. The highest BCUT2D eigenvalue weighted by Crippen LogP contribution is 2.31. The van der Waals surface area contributed by atoms with Gasteiger partial charge in [0.05, 0.1) is 6.61 Å². The number of likely N-dealkylation sites (N-methyl/N-ethyl adjacent to an activating group) is 1. The molecule has 1 atom stereocenters. The number of fused-ring (bicyclic) bond motifs is 1. The number of ether oxygens (including phenoxy) is 1. The van der Waals surface area contributed by atoms with Crippen LogP contribution in [0.15, 0.2) is 30.9 Å². The molecule has 2 amide bonds. The van der Waals surface area contributed by atoms with Crippen LogP contribution in [0.25, 0.3) is 0 Å². The molecule has 1 aromatic carbocycles. The highest BCUT2D eigenvalue weighted by atomic mass is 32.1. The predicted octanol–water partition coefficient (Wildman–Crippen LogP) is 2.65. The second-order valence-electron chi connectivity index (χ2n) is 5.79. The monoisotopic (exact) mass is 348 g/mol. The van der Waals surface area contributed by atoms with Crippen LogP contribution < -0.4 is 9.64 Å². The number of nitrogens with zero attached hydrogens (tertiary/aromatic N) is 2. The summed E-state index contributed by atoms with van der Waals surface area (Å²) in [4.78, 5) is 28.0. The molecule has 2 rings (SSSR count). The van der Waals surface area contributed by atoms with Crippen LogP contribution in [0.4, 0.5) is 5.69 Å². The summed E-state index contributed by atoms with van der Waals surface area (Å²) in [5.41, 5.74) is 1.66. The Bertz CT molecular complexity index is 633. The lowest BCUT2D eigenvalue weighted by Crippen LogP contribution is -2.47. The number of anilines is 1. The second-order valence-corrected chi connectivity index (χ2v) is 6.28. The normalized spacial score (nSPS) is 13.6. The highest BCUT2D eigenvalue weighted by Gasteiger charge is 2.29. The molecule has 0 saturated carbocycles. The Kier molecular flexibility index (Phi) is 6.31. The molecule has 0 N–H and O–H groups in total. The van der Waals surface area contributed by atoms with Gasteiger partial charge in [-0.05, 0) is 36.3 Å². The first-order valence-corrected chi connectivity index (χ1v) is 8.65. The molecule has 130 valence electrons. The van der Waals surface area contributed by atoms with E-state index in [1.165, 1.54) is 11.0 Å². The molecule has 5 nitrogen and oxygen atoms in total. The van der Waals surface area contributed by atoms with Gasteiger partial charge in [-0.25, -0.2) is 0 Å². The van der Waals surface area contributed by atoms with Crippen molar-refractivity contribution in [1.29, 1.82) is 0 Å². The van der Waals surface area contributed by atoms with Crippen LogP contribution in [0.5, 0.6) is 5.75 Å². The van der Waals surface area contributed by atoms with Gasteiger partial charge in [0.2, 0.25) is 0 Å². The van der Waals surface area contributed by atoms with Gasteiger partial charge in [0.15, 0.2) is 5.37 Å². The summed E-state index contributed by atoms with van der Waals surface area (Å²) in [6.45, 7) is 6.88. The maximum absolute atomic E-state index is 12.6. The van der Waals surface area contributed by atoms with Gasteiger partial charge >= 0.3 is 0 Å². The lowest BCUT2D eigenvalue weighted by Gasteiger charge is -2.30. The van der Waals surface area contributed by atoms with Crippen LogP contribution >= 0.6 is 12.6 Å². The molecule has 6 heteroatoms. The summed E-state index contributed by atoms with van der Waals surface area (Å²) >= 11 is 4.43. The first kappa shape index (κ1) is 18.4. The summed E-state index contributed by atoms with van der Waals surface area (Å²) in [5.74, 6) is 0.261. The van der Waals surface area contributed by atoms with Gasteiger partial charge in [-0.2, -0.15) is 0 Å². The Balaban J connectivity index is 2.26. The SMILES string of the molecule is C=CC(=O)N(c1ccc2c(c1)CCO2)C(S)C(=O)N(C)CCCC. The van der Waals surface area contributed by atoms with E-state index in [1.807, 2.05) is 12.1 Å². The first-order chi connectivity index (χ1) is 11.5. The Hall–Kier alpha value is -1.95. The maximum atomic E-state index is 12.6. The van der Waals surface area contributed by atoms with Crippen LogP contribution in [0.2, 0.25) is 0 Å². The summed E-state index contributed by atoms with van der Waals surface area (Å²) in [7, 11) is 1.73. The fraction of sp³-hybridized carbons (Fsp3) is 0.444. The summed E-state index contributed by atoms with van der Waals surface area (Å²) in [6, 6.07) is 5.48. The number of amides is 2. The lowest BCUT2D eigenvalue weighted by atomic mass is 10.1. The zero-order chi connectivity index (χ0) is 17.7. The third-order valence-corrected chi connectivity index (χ3v) is 4.50. The Morgan fingerprint density at radius 2 is 2.21 bits per heavy atom. The number of hydrogen-bond acceptors (Lipinski definition) is 4. The van der Waals surface area contributed by atoms with Crippen molar-refractivity contribution in [3.05, 3.63) is 36.4 Å². The van der Waals surface area contributed by atoms with Crippen molar-refractivity contribution < 1.29 is 14.3 Å². The van der Waals surface area contributed by atoms with Crippen molar-refractivity contribution in [1.82, 2.24) is 4.90 Å². The molecular formula is C18H24N2O3S.